The number of aromatic nitrogens is 2. The molecule has 55 heavy (non-hydrogen) atoms. The standard InChI is InChI=1S/C44H51N5O4SSi/c1-43(2,3)55(4,5)53-30-36-29-52-41-39(28-45-49(36)41)54(51,47-42(50)46-40-37-25-15-17-31(37)27-32-18-16-26-38(32)40)48-44(33-19-9-6-10-20-33,34-21-11-7-12-22-34)35-23-13-8-14-24-35/h6-14,19-24,27-28,36H,15-18,25-26,29-30H2,1-5H3,(H2,46,47,48,50,51)/t36-,54-/m1/s1. The van der Waals surface area contributed by atoms with Crippen molar-refractivity contribution in [2.75, 3.05) is 18.5 Å². The summed E-state index contributed by atoms with van der Waals surface area (Å²) < 4.78 is 39.3. The molecule has 2 heterocycles. The maximum absolute atomic E-state index is 16.3. The highest BCUT2D eigenvalue weighted by molar-refractivity contribution is 7.92. The summed E-state index contributed by atoms with van der Waals surface area (Å²) in [5.74, 6) is 0.322. The van der Waals surface area contributed by atoms with Crippen molar-refractivity contribution in [1.82, 2.24) is 14.5 Å². The van der Waals surface area contributed by atoms with Gasteiger partial charge in [0.1, 0.15) is 23.1 Å². The number of carbonyl (C=O) groups is 1. The predicted octanol–water partition coefficient (Wildman–Crippen LogP) is 9.37. The van der Waals surface area contributed by atoms with Gasteiger partial charge in [0.05, 0.1) is 12.8 Å². The largest absolute Gasteiger partial charge is 0.475 e. The highest BCUT2D eigenvalue weighted by atomic mass is 32.2. The molecular weight excluding hydrogens is 723 g/mol. The van der Waals surface area contributed by atoms with Crippen LogP contribution in [0, 0.1) is 0 Å². The van der Waals surface area contributed by atoms with Crippen LogP contribution in [0.3, 0.4) is 0 Å². The van der Waals surface area contributed by atoms with Gasteiger partial charge in [-0.15, -0.1) is 4.36 Å². The Bertz CT molecular complexity index is 2200. The first-order chi connectivity index (χ1) is 26.4. The van der Waals surface area contributed by atoms with Crippen LogP contribution in [0.4, 0.5) is 10.5 Å². The summed E-state index contributed by atoms with van der Waals surface area (Å²) in [6.45, 7) is 11.8. The molecule has 0 radical (unpaired) electrons. The van der Waals surface area contributed by atoms with Crippen LogP contribution in [0.15, 0.2) is 113 Å². The van der Waals surface area contributed by atoms with Gasteiger partial charge in [-0.3, -0.25) is 0 Å². The zero-order valence-electron chi connectivity index (χ0n) is 32.4. The Morgan fingerprint density at radius 3 is 1.91 bits per heavy atom. The van der Waals surface area contributed by atoms with Crippen LogP contribution < -0.4 is 14.8 Å². The number of amides is 2. The van der Waals surface area contributed by atoms with Crippen molar-refractivity contribution in [3.63, 3.8) is 0 Å². The Morgan fingerprint density at radius 2 is 1.40 bits per heavy atom. The maximum atomic E-state index is 16.3. The Morgan fingerprint density at radius 1 is 0.873 bits per heavy atom. The molecule has 2 aliphatic carbocycles. The first-order valence-corrected chi connectivity index (χ1v) is 23.9. The molecule has 286 valence electrons. The van der Waals surface area contributed by atoms with Gasteiger partial charge >= 0.3 is 6.03 Å². The molecule has 0 fully saturated rings. The van der Waals surface area contributed by atoms with Gasteiger partial charge < -0.3 is 14.5 Å². The number of fused-ring (bicyclic) bond motifs is 3. The fourth-order valence-corrected chi connectivity index (χ4v) is 11.0. The minimum absolute atomic E-state index is 0.0314. The third kappa shape index (κ3) is 6.85. The van der Waals surface area contributed by atoms with Crippen molar-refractivity contribution in [1.29, 1.82) is 0 Å². The van der Waals surface area contributed by atoms with E-state index < -0.39 is 29.8 Å². The van der Waals surface area contributed by atoms with Crippen molar-refractivity contribution in [2.24, 2.45) is 4.36 Å². The van der Waals surface area contributed by atoms with Crippen LogP contribution in [0.5, 0.6) is 5.88 Å². The smallest absolute Gasteiger partial charge is 0.354 e. The van der Waals surface area contributed by atoms with Gasteiger partial charge in [0.2, 0.25) is 5.88 Å². The number of nitrogens with one attached hydrogen (secondary N) is 2. The molecule has 1 aliphatic heterocycles. The van der Waals surface area contributed by atoms with Crippen LogP contribution in [0.2, 0.25) is 18.1 Å². The number of hydrogen-bond acceptors (Lipinski definition) is 5. The maximum Gasteiger partial charge on any atom is 0.354 e. The minimum Gasteiger partial charge on any atom is -0.475 e. The Balaban J connectivity index is 1.29. The molecule has 0 saturated heterocycles. The number of urea groups is 1. The van der Waals surface area contributed by atoms with Gasteiger partial charge in [0.25, 0.3) is 0 Å². The second-order valence-corrected chi connectivity index (χ2v) is 23.2. The van der Waals surface area contributed by atoms with Crippen LogP contribution in [0.1, 0.15) is 78.6 Å². The average Bonchev–Trinajstić information content (AvgIpc) is 4.00. The van der Waals surface area contributed by atoms with Crippen LogP contribution in [0.25, 0.3) is 0 Å². The third-order valence-electron chi connectivity index (χ3n) is 12.0. The molecule has 2 atom stereocenters. The number of carbonyl (C=O) groups excluding carboxylic acids is 1. The van der Waals surface area contributed by atoms with E-state index in [2.05, 4.69) is 54.3 Å². The summed E-state index contributed by atoms with van der Waals surface area (Å²) in [4.78, 5) is 14.7. The van der Waals surface area contributed by atoms with E-state index in [-0.39, 0.29) is 16.0 Å². The van der Waals surface area contributed by atoms with Gasteiger partial charge in [-0.2, -0.15) is 5.10 Å². The second kappa shape index (κ2) is 14.5. The lowest BCUT2D eigenvalue weighted by Crippen LogP contribution is -2.48. The number of hydrogen-bond donors (Lipinski definition) is 2. The Kier molecular flexibility index (Phi) is 9.86. The van der Waals surface area contributed by atoms with E-state index in [0.717, 1.165) is 60.9 Å². The van der Waals surface area contributed by atoms with Gasteiger partial charge in [0.15, 0.2) is 18.2 Å². The molecule has 2 amide bonds. The van der Waals surface area contributed by atoms with Crippen LogP contribution >= 0.6 is 0 Å². The molecule has 5 aromatic rings. The number of anilines is 1. The first-order valence-electron chi connectivity index (χ1n) is 19.4. The molecule has 0 saturated carbocycles. The molecule has 0 spiro atoms. The Hall–Kier alpha value is -4.55. The zero-order chi connectivity index (χ0) is 38.4. The fraction of sp³-hybridized carbons (Fsp3) is 0.364. The molecule has 11 heteroatoms. The van der Waals surface area contributed by atoms with Crippen molar-refractivity contribution < 1.29 is 18.2 Å². The van der Waals surface area contributed by atoms with Gasteiger partial charge in [-0.1, -0.05) is 118 Å². The van der Waals surface area contributed by atoms with E-state index >= 15 is 4.21 Å². The lowest BCUT2D eigenvalue weighted by atomic mass is 9.78. The summed E-state index contributed by atoms with van der Waals surface area (Å²) in [6.07, 6.45) is 7.42. The number of nitrogens with zero attached hydrogens (tertiary/aromatic N) is 3. The van der Waals surface area contributed by atoms with E-state index in [9.17, 15) is 4.79 Å². The van der Waals surface area contributed by atoms with Gasteiger partial charge in [0, 0.05) is 5.69 Å². The van der Waals surface area contributed by atoms with Crippen LogP contribution in [-0.2, 0) is 45.6 Å². The normalized spacial score (nSPS) is 17.5. The van der Waals surface area contributed by atoms with E-state index in [1.807, 2.05) is 91.0 Å². The summed E-state index contributed by atoms with van der Waals surface area (Å²) in [5, 5.41) is 7.97. The number of rotatable bonds is 10. The molecule has 8 rings (SSSR count). The summed E-state index contributed by atoms with van der Waals surface area (Å²) >= 11 is 0. The zero-order valence-corrected chi connectivity index (χ0v) is 34.2. The van der Waals surface area contributed by atoms with Crippen LogP contribution in [-0.4, -0.2) is 41.6 Å². The van der Waals surface area contributed by atoms with E-state index in [4.69, 9.17) is 14.3 Å². The highest BCUT2D eigenvalue weighted by Crippen LogP contribution is 2.43. The van der Waals surface area contributed by atoms with Crippen molar-refractivity contribution >= 4 is 30.0 Å². The molecule has 2 N–H and O–H groups in total. The lowest BCUT2D eigenvalue weighted by molar-refractivity contribution is 0.208. The molecule has 0 unspecified atom stereocenters. The predicted molar refractivity (Wildman–Crippen MR) is 221 cm³/mol. The number of benzene rings is 4. The van der Waals surface area contributed by atoms with Crippen molar-refractivity contribution in [2.45, 2.75) is 93.9 Å². The third-order valence-corrected chi connectivity index (χ3v) is 18.4. The summed E-state index contributed by atoms with van der Waals surface area (Å²) in [7, 11) is -5.95. The molecular formula is C44H51N5O4SSi. The van der Waals surface area contributed by atoms with Gasteiger partial charge in [-0.05, 0) is 95.6 Å². The molecule has 1 aromatic heterocycles. The van der Waals surface area contributed by atoms with Crippen molar-refractivity contribution in [3.05, 3.63) is 142 Å². The SMILES string of the molecule is CC(C)(C)[Si](C)(C)OC[C@H]1COc2c([S@@](=O)(=NC(=O)Nc3c4c(cc5c3CCC5)CCC4)NC(c3ccccc3)(c3ccccc3)c3ccccc3)cnn21. The monoisotopic (exact) mass is 773 g/mol. The minimum atomic E-state index is -3.87. The number of ether oxygens (including phenoxy) is 1. The van der Waals surface area contributed by atoms with E-state index in [1.54, 1.807) is 10.9 Å². The first kappa shape index (κ1) is 37.4. The lowest BCUT2D eigenvalue weighted by Gasteiger charge is -2.37. The molecule has 3 aliphatic rings. The fourth-order valence-electron chi connectivity index (χ4n) is 8.10. The quantitative estimate of drug-likeness (QED) is 0.109. The summed E-state index contributed by atoms with van der Waals surface area (Å²) in [5.41, 5.74) is 7.07. The van der Waals surface area contributed by atoms with Crippen molar-refractivity contribution in [3.8, 4) is 5.88 Å². The topological polar surface area (TPSA) is 107 Å². The highest BCUT2D eigenvalue weighted by Gasteiger charge is 2.44. The van der Waals surface area contributed by atoms with E-state index in [1.165, 1.54) is 22.3 Å². The van der Waals surface area contributed by atoms with E-state index in [0.29, 0.717) is 19.1 Å². The number of aryl methyl sites for hydroxylation is 2. The molecule has 0 bridgehead atoms. The van der Waals surface area contributed by atoms with Gasteiger partial charge in [-0.25, -0.2) is 18.4 Å². The Labute approximate surface area is 326 Å². The molecule has 9 nitrogen and oxygen atoms in total. The average molecular weight is 774 g/mol. The second-order valence-electron chi connectivity index (χ2n) is 16.5. The summed E-state index contributed by atoms with van der Waals surface area (Å²) in [6, 6.07) is 31.2. The molecule has 4 aromatic carbocycles.